The van der Waals surface area contributed by atoms with Crippen molar-refractivity contribution in [1.29, 1.82) is 0 Å². The topological polar surface area (TPSA) is 69.3 Å². The van der Waals surface area contributed by atoms with Crippen molar-refractivity contribution in [3.8, 4) is 11.5 Å². The van der Waals surface area contributed by atoms with E-state index >= 15 is 0 Å². The predicted octanol–water partition coefficient (Wildman–Crippen LogP) is 2.62. The van der Waals surface area contributed by atoms with E-state index in [0.717, 1.165) is 0 Å². The maximum atomic E-state index is 12.6. The molecule has 0 spiro atoms. The number of hydrogen-bond acceptors (Lipinski definition) is 4. The van der Waals surface area contributed by atoms with Crippen molar-refractivity contribution in [2.45, 2.75) is 6.18 Å². The van der Waals surface area contributed by atoms with Gasteiger partial charge < -0.3 is 15.1 Å². The Hall–Kier alpha value is -2.77. The lowest BCUT2D eigenvalue weighted by atomic mass is 10.1. The van der Waals surface area contributed by atoms with Gasteiger partial charge in [0.2, 0.25) is 5.69 Å². The van der Waals surface area contributed by atoms with E-state index in [1.54, 1.807) is 6.07 Å². The fourth-order valence-electron chi connectivity index (χ4n) is 1.69. The molecular formula is C14H11F3N2O3. The summed E-state index contributed by atoms with van der Waals surface area (Å²) in [5.74, 6) is 0.348. The number of alkyl halides is 3. The summed E-state index contributed by atoms with van der Waals surface area (Å²) in [7, 11) is 1.44. The second kappa shape index (κ2) is 5.92. The smallest absolute Gasteiger partial charge is 0.454 e. The molecule has 0 bridgehead atoms. The first-order chi connectivity index (χ1) is 10.3. The number of phenols is 1. The van der Waals surface area contributed by atoms with Gasteiger partial charge >= 0.3 is 6.18 Å². The molecule has 1 heterocycles. The van der Waals surface area contributed by atoms with Gasteiger partial charge in [-0.2, -0.15) is 13.2 Å². The molecule has 8 heteroatoms. The van der Waals surface area contributed by atoms with Crippen LogP contribution in [0.5, 0.6) is 11.5 Å². The van der Waals surface area contributed by atoms with Crippen LogP contribution in [0.25, 0.3) is 12.2 Å². The first-order valence-corrected chi connectivity index (χ1v) is 6.03. The van der Waals surface area contributed by atoms with Crippen LogP contribution in [0.15, 0.2) is 30.6 Å². The van der Waals surface area contributed by atoms with Gasteiger partial charge in [0.05, 0.1) is 7.11 Å². The van der Waals surface area contributed by atoms with Gasteiger partial charge in [0.15, 0.2) is 5.69 Å². The van der Waals surface area contributed by atoms with E-state index in [9.17, 15) is 23.5 Å². The van der Waals surface area contributed by atoms with Gasteiger partial charge in [-0.1, -0.05) is 0 Å². The molecule has 0 aliphatic carbocycles. The van der Waals surface area contributed by atoms with Crippen molar-refractivity contribution in [3.05, 3.63) is 52.8 Å². The van der Waals surface area contributed by atoms with Crippen molar-refractivity contribution < 1.29 is 27.7 Å². The van der Waals surface area contributed by atoms with Gasteiger partial charge in [0.25, 0.3) is 6.33 Å². The quantitative estimate of drug-likeness (QED) is 0.699. The SMILES string of the molecule is COc1ccc(C=Cc2cc(C(F)(F)F)[n+]([O-])cn2)c(O)c1. The van der Waals surface area contributed by atoms with E-state index in [0.29, 0.717) is 23.7 Å². The van der Waals surface area contributed by atoms with Crippen LogP contribution in [0.4, 0.5) is 13.2 Å². The Kier molecular flexibility index (Phi) is 4.20. The number of methoxy groups -OCH3 is 1. The molecule has 0 unspecified atom stereocenters. The number of halogens is 3. The summed E-state index contributed by atoms with van der Waals surface area (Å²) < 4.78 is 42.4. The van der Waals surface area contributed by atoms with Crippen LogP contribution >= 0.6 is 0 Å². The third-order valence-electron chi connectivity index (χ3n) is 2.80. The molecule has 0 radical (unpaired) electrons. The average Bonchev–Trinajstić information content (AvgIpc) is 2.46. The van der Waals surface area contributed by atoms with Crippen LogP contribution in [0.1, 0.15) is 17.0 Å². The lowest BCUT2D eigenvalue weighted by Crippen LogP contribution is -2.37. The van der Waals surface area contributed by atoms with Crippen molar-refractivity contribution in [2.75, 3.05) is 7.11 Å². The zero-order chi connectivity index (χ0) is 16.3. The molecule has 0 atom stereocenters. The number of benzene rings is 1. The van der Waals surface area contributed by atoms with E-state index < -0.39 is 11.9 Å². The highest BCUT2D eigenvalue weighted by atomic mass is 19.4. The molecule has 1 aromatic heterocycles. The molecule has 0 saturated carbocycles. The van der Waals surface area contributed by atoms with E-state index in [1.807, 2.05) is 0 Å². The van der Waals surface area contributed by atoms with Crippen LogP contribution in [0.2, 0.25) is 0 Å². The molecule has 0 aliphatic heterocycles. The number of ether oxygens (including phenoxy) is 1. The molecule has 1 aromatic carbocycles. The Balaban J connectivity index is 2.31. The minimum Gasteiger partial charge on any atom is -0.711 e. The molecule has 116 valence electrons. The van der Waals surface area contributed by atoms with Crippen LogP contribution in [-0.2, 0) is 6.18 Å². The maximum absolute atomic E-state index is 12.6. The first-order valence-electron chi connectivity index (χ1n) is 6.03. The Morgan fingerprint density at radius 2 is 2.00 bits per heavy atom. The fourth-order valence-corrected chi connectivity index (χ4v) is 1.69. The molecule has 0 saturated heterocycles. The zero-order valence-electron chi connectivity index (χ0n) is 11.3. The second-order valence-corrected chi connectivity index (χ2v) is 4.28. The zero-order valence-corrected chi connectivity index (χ0v) is 11.3. The third-order valence-corrected chi connectivity index (χ3v) is 2.80. The standard InChI is InChI=1S/C14H11F3N2O3/c1-22-11-5-3-9(12(20)7-11)2-4-10-6-13(14(15,16)17)19(21)8-18-10/h2-8,20H,1H3. The number of hydrogen-bond donors (Lipinski definition) is 1. The van der Waals surface area contributed by atoms with Gasteiger partial charge in [-0.25, -0.2) is 4.73 Å². The Morgan fingerprint density at radius 1 is 1.27 bits per heavy atom. The molecule has 5 nitrogen and oxygen atoms in total. The lowest BCUT2D eigenvalue weighted by Gasteiger charge is -2.10. The van der Waals surface area contributed by atoms with Gasteiger partial charge in [-0.15, -0.1) is 0 Å². The predicted molar refractivity (Wildman–Crippen MR) is 71.8 cm³/mol. The lowest BCUT2D eigenvalue weighted by molar-refractivity contribution is -0.632. The highest BCUT2D eigenvalue weighted by Gasteiger charge is 2.36. The van der Waals surface area contributed by atoms with E-state index in [1.165, 1.54) is 31.4 Å². The summed E-state index contributed by atoms with van der Waals surface area (Å²) in [5.41, 5.74) is -1.05. The molecule has 22 heavy (non-hydrogen) atoms. The molecule has 1 N–H and O–H groups in total. The molecule has 0 aliphatic rings. The first kappa shape index (κ1) is 15.6. The molecular weight excluding hydrogens is 301 g/mol. The number of aromatic nitrogens is 2. The molecule has 2 aromatic rings. The normalized spacial score (nSPS) is 11.8. The highest BCUT2D eigenvalue weighted by molar-refractivity contribution is 5.71. The van der Waals surface area contributed by atoms with Gasteiger partial charge in [0.1, 0.15) is 11.5 Å². The summed E-state index contributed by atoms with van der Waals surface area (Å²) in [6.45, 7) is 0. The summed E-state index contributed by atoms with van der Waals surface area (Å²) in [4.78, 5) is 3.59. The van der Waals surface area contributed by atoms with Gasteiger partial charge in [-0.05, 0) is 29.3 Å². The van der Waals surface area contributed by atoms with Crippen molar-refractivity contribution in [3.63, 3.8) is 0 Å². The van der Waals surface area contributed by atoms with E-state index in [-0.39, 0.29) is 16.2 Å². The summed E-state index contributed by atoms with van der Waals surface area (Å²) >= 11 is 0. The number of phenolic OH excluding ortho intramolecular Hbond substituents is 1. The van der Waals surface area contributed by atoms with Crippen molar-refractivity contribution in [1.82, 2.24) is 4.98 Å². The van der Waals surface area contributed by atoms with E-state index in [2.05, 4.69) is 4.98 Å². The molecule has 0 amide bonds. The number of rotatable bonds is 3. The number of aromatic hydroxyl groups is 1. The maximum Gasteiger partial charge on any atom is 0.454 e. The molecule has 0 fully saturated rings. The van der Waals surface area contributed by atoms with E-state index in [4.69, 9.17) is 4.74 Å². The van der Waals surface area contributed by atoms with Crippen LogP contribution in [0, 0.1) is 5.21 Å². The summed E-state index contributed by atoms with van der Waals surface area (Å²) in [5, 5.41) is 20.8. The summed E-state index contributed by atoms with van der Waals surface area (Å²) in [6.07, 6.45) is -1.59. The van der Waals surface area contributed by atoms with Crippen molar-refractivity contribution in [2.24, 2.45) is 0 Å². The van der Waals surface area contributed by atoms with Gasteiger partial charge in [-0.3, -0.25) is 0 Å². The van der Waals surface area contributed by atoms with Crippen LogP contribution < -0.4 is 9.47 Å². The number of nitrogens with zero attached hydrogens (tertiary/aromatic N) is 2. The Bertz CT molecular complexity index is 715. The van der Waals surface area contributed by atoms with Crippen LogP contribution in [0.3, 0.4) is 0 Å². The highest BCUT2D eigenvalue weighted by Crippen LogP contribution is 2.27. The fraction of sp³-hybridized carbons (Fsp3) is 0.143. The third kappa shape index (κ3) is 3.46. The largest absolute Gasteiger partial charge is 0.711 e. The Labute approximate surface area is 123 Å². The van der Waals surface area contributed by atoms with Crippen molar-refractivity contribution >= 4 is 12.2 Å². The second-order valence-electron chi connectivity index (χ2n) is 4.28. The van der Waals surface area contributed by atoms with Gasteiger partial charge in [0, 0.05) is 17.7 Å². The molecule has 2 rings (SSSR count). The monoisotopic (exact) mass is 312 g/mol. The average molecular weight is 312 g/mol. The van der Waals surface area contributed by atoms with Crippen LogP contribution in [-0.4, -0.2) is 17.2 Å². The Morgan fingerprint density at radius 3 is 2.59 bits per heavy atom. The summed E-state index contributed by atoms with van der Waals surface area (Å²) in [6, 6.07) is 5.12. The minimum atomic E-state index is -4.77. The minimum absolute atomic E-state index is 0.0605.